The Morgan fingerprint density at radius 3 is 2.79 bits per heavy atom. The standard InChI is InChI=1S/C24H22N6O3/c1-3-15-6-4-7-16(12-15)26-22(32)20-14(2)19(17-8-5-11-30(17)20)21(31)23(33)27-24(9-10-24)18-13-25-29-28-18/h1,4,6-7,12-13H,5,8-11H2,2H3,(H,26,32)(H,27,33)(H,25,28,29). The molecule has 5 rings (SSSR count). The average molecular weight is 442 g/mol. The molecule has 9 nitrogen and oxygen atoms in total. The van der Waals surface area contributed by atoms with Gasteiger partial charge in [-0.3, -0.25) is 19.5 Å². The number of ketones is 1. The summed E-state index contributed by atoms with van der Waals surface area (Å²) < 4.78 is 1.85. The number of aromatic amines is 1. The van der Waals surface area contributed by atoms with Crippen LogP contribution in [0.2, 0.25) is 0 Å². The van der Waals surface area contributed by atoms with Gasteiger partial charge >= 0.3 is 0 Å². The molecule has 0 unspecified atom stereocenters. The molecule has 0 bridgehead atoms. The van der Waals surface area contributed by atoms with E-state index in [-0.39, 0.29) is 5.91 Å². The lowest BCUT2D eigenvalue weighted by atomic mass is 10.0. The first-order valence-corrected chi connectivity index (χ1v) is 10.8. The number of H-pyrrole nitrogens is 1. The van der Waals surface area contributed by atoms with Crippen molar-refractivity contribution in [3.05, 3.63) is 64.2 Å². The number of carbonyl (C=O) groups excluding carboxylic acids is 3. The van der Waals surface area contributed by atoms with Crippen LogP contribution in [-0.4, -0.2) is 37.6 Å². The zero-order valence-corrected chi connectivity index (χ0v) is 18.1. The number of carbonyl (C=O) groups is 3. The van der Waals surface area contributed by atoms with Crippen molar-refractivity contribution in [1.29, 1.82) is 0 Å². The Labute approximate surface area is 190 Å². The Bertz CT molecular complexity index is 1320. The largest absolute Gasteiger partial charge is 0.340 e. The van der Waals surface area contributed by atoms with Crippen molar-refractivity contribution in [2.24, 2.45) is 0 Å². The summed E-state index contributed by atoms with van der Waals surface area (Å²) in [5.41, 5.74) is 3.10. The minimum absolute atomic E-state index is 0.309. The molecule has 1 saturated carbocycles. The van der Waals surface area contributed by atoms with Gasteiger partial charge in [0.15, 0.2) is 0 Å². The van der Waals surface area contributed by atoms with Gasteiger partial charge in [-0.1, -0.05) is 17.2 Å². The monoisotopic (exact) mass is 442 g/mol. The Morgan fingerprint density at radius 1 is 1.27 bits per heavy atom. The summed E-state index contributed by atoms with van der Waals surface area (Å²) in [6.45, 7) is 2.32. The molecule has 9 heteroatoms. The zero-order valence-electron chi connectivity index (χ0n) is 18.1. The number of fused-ring (bicyclic) bond motifs is 1. The first-order valence-electron chi connectivity index (χ1n) is 10.8. The van der Waals surface area contributed by atoms with Crippen molar-refractivity contribution < 1.29 is 14.4 Å². The van der Waals surface area contributed by atoms with Crippen LogP contribution in [0.1, 0.15) is 62.6 Å². The maximum absolute atomic E-state index is 13.3. The van der Waals surface area contributed by atoms with Crippen molar-refractivity contribution in [2.75, 3.05) is 5.32 Å². The Hall–Kier alpha value is -4.19. The summed E-state index contributed by atoms with van der Waals surface area (Å²) in [5.74, 6) is 0.862. The lowest BCUT2D eigenvalue weighted by Crippen LogP contribution is -2.40. The number of hydrogen-bond acceptors (Lipinski definition) is 5. The topological polar surface area (TPSA) is 122 Å². The van der Waals surface area contributed by atoms with E-state index in [4.69, 9.17) is 6.42 Å². The van der Waals surface area contributed by atoms with Gasteiger partial charge in [-0.05, 0) is 56.4 Å². The second-order valence-electron chi connectivity index (χ2n) is 8.45. The molecule has 0 radical (unpaired) electrons. The summed E-state index contributed by atoms with van der Waals surface area (Å²) in [4.78, 5) is 39.4. The third-order valence-corrected chi connectivity index (χ3v) is 6.36. The van der Waals surface area contributed by atoms with Gasteiger partial charge < -0.3 is 15.2 Å². The molecular formula is C24H22N6O3. The molecule has 166 valence electrons. The highest BCUT2D eigenvalue weighted by molar-refractivity contribution is 6.44. The number of amides is 2. The maximum Gasteiger partial charge on any atom is 0.293 e. The Morgan fingerprint density at radius 2 is 2.09 bits per heavy atom. The molecular weight excluding hydrogens is 420 g/mol. The third kappa shape index (κ3) is 3.49. The molecule has 3 heterocycles. The zero-order chi connectivity index (χ0) is 23.2. The second kappa shape index (κ2) is 7.74. The molecule has 1 aliphatic heterocycles. The lowest BCUT2D eigenvalue weighted by molar-refractivity contribution is -0.118. The van der Waals surface area contributed by atoms with Gasteiger partial charge in [0, 0.05) is 29.7 Å². The van der Waals surface area contributed by atoms with Gasteiger partial charge in [0.2, 0.25) is 0 Å². The van der Waals surface area contributed by atoms with Gasteiger partial charge in [0.25, 0.3) is 17.6 Å². The van der Waals surface area contributed by atoms with Crippen LogP contribution in [0, 0.1) is 19.3 Å². The molecule has 2 aliphatic rings. The fourth-order valence-corrected chi connectivity index (χ4v) is 4.58. The first kappa shape index (κ1) is 20.7. The highest BCUT2D eigenvalue weighted by Gasteiger charge is 2.49. The minimum Gasteiger partial charge on any atom is -0.340 e. The van der Waals surface area contributed by atoms with Crippen molar-refractivity contribution in [1.82, 2.24) is 25.3 Å². The number of hydrogen-bond donors (Lipinski definition) is 3. The molecule has 1 aliphatic carbocycles. The van der Waals surface area contributed by atoms with E-state index in [1.807, 2.05) is 4.57 Å². The molecule has 1 fully saturated rings. The van der Waals surface area contributed by atoms with Crippen LogP contribution in [0.15, 0.2) is 30.5 Å². The van der Waals surface area contributed by atoms with Gasteiger partial charge in [-0.2, -0.15) is 0 Å². The minimum atomic E-state index is -0.701. The van der Waals surface area contributed by atoms with E-state index in [0.717, 1.165) is 12.1 Å². The molecule has 3 aromatic rings. The number of Topliss-reactive ketones (excluding diaryl/α,β-unsaturated/α-hetero) is 1. The normalized spacial score (nSPS) is 15.4. The van der Waals surface area contributed by atoms with Crippen LogP contribution in [0.4, 0.5) is 5.69 Å². The van der Waals surface area contributed by atoms with Gasteiger partial charge in [-0.25, -0.2) is 0 Å². The maximum atomic E-state index is 13.3. The van der Waals surface area contributed by atoms with Crippen molar-refractivity contribution in [3.8, 4) is 12.3 Å². The predicted octanol–water partition coefficient (Wildman–Crippen LogP) is 2.08. The van der Waals surface area contributed by atoms with Crippen LogP contribution in [0.5, 0.6) is 0 Å². The number of nitrogens with zero attached hydrogens (tertiary/aromatic N) is 3. The van der Waals surface area contributed by atoms with E-state index < -0.39 is 17.2 Å². The second-order valence-corrected chi connectivity index (χ2v) is 8.45. The van der Waals surface area contributed by atoms with E-state index in [9.17, 15) is 14.4 Å². The summed E-state index contributed by atoms with van der Waals surface area (Å²) in [6, 6.07) is 7.00. The quantitative estimate of drug-likeness (QED) is 0.307. The van der Waals surface area contributed by atoms with Crippen molar-refractivity contribution >= 4 is 23.3 Å². The molecule has 0 spiro atoms. The van der Waals surface area contributed by atoms with E-state index in [1.54, 1.807) is 37.4 Å². The molecule has 33 heavy (non-hydrogen) atoms. The van der Waals surface area contributed by atoms with Crippen molar-refractivity contribution in [2.45, 2.75) is 44.7 Å². The van der Waals surface area contributed by atoms with Gasteiger partial charge in [0.05, 0.1) is 11.1 Å². The smallest absolute Gasteiger partial charge is 0.293 e. The fourth-order valence-electron chi connectivity index (χ4n) is 4.58. The summed E-state index contributed by atoms with van der Waals surface area (Å²) in [6.07, 6.45) is 9.88. The molecule has 2 amide bonds. The number of benzene rings is 1. The SMILES string of the molecule is C#Cc1cccc(NC(=O)c2c(C)c(C(=O)C(=O)NC3(c4c[nH]nn4)CC3)c3n2CCC3)c1. The Balaban J connectivity index is 1.43. The van der Waals surface area contributed by atoms with E-state index >= 15 is 0 Å². The number of rotatable bonds is 6. The fraction of sp³-hybridized carbons (Fsp3) is 0.292. The predicted molar refractivity (Wildman–Crippen MR) is 120 cm³/mol. The van der Waals surface area contributed by atoms with Crippen LogP contribution >= 0.6 is 0 Å². The van der Waals surface area contributed by atoms with Crippen molar-refractivity contribution in [3.63, 3.8) is 0 Å². The molecule has 2 aromatic heterocycles. The van der Waals surface area contributed by atoms with Crippen LogP contribution in [0.3, 0.4) is 0 Å². The highest BCUT2D eigenvalue weighted by Crippen LogP contribution is 2.44. The lowest BCUT2D eigenvalue weighted by Gasteiger charge is -2.14. The highest BCUT2D eigenvalue weighted by atomic mass is 16.2. The molecule has 0 saturated heterocycles. The molecule has 3 N–H and O–H groups in total. The van der Waals surface area contributed by atoms with Gasteiger partial charge in [-0.15, -0.1) is 11.5 Å². The molecule has 1 aromatic carbocycles. The molecule has 0 atom stereocenters. The third-order valence-electron chi connectivity index (χ3n) is 6.36. The number of terminal acetylenes is 1. The van der Waals surface area contributed by atoms with Crippen LogP contribution in [-0.2, 0) is 23.3 Å². The van der Waals surface area contributed by atoms with Crippen LogP contribution < -0.4 is 10.6 Å². The number of anilines is 1. The summed E-state index contributed by atoms with van der Waals surface area (Å²) in [5, 5.41) is 16.0. The van der Waals surface area contributed by atoms with E-state index in [2.05, 4.69) is 32.0 Å². The van der Waals surface area contributed by atoms with Crippen LogP contribution in [0.25, 0.3) is 0 Å². The summed E-state index contributed by atoms with van der Waals surface area (Å²) >= 11 is 0. The van der Waals surface area contributed by atoms with Gasteiger partial charge in [0.1, 0.15) is 11.4 Å². The van der Waals surface area contributed by atoms with E-state index in [1.165, 1.54) is 0 Å². The summed E-state index contributed by atoms with van der Waals surface area (Å²) in [7, 11) is 0. The number of nitrogens with one attached hydrogen (secondary N) is 3. The first-order chi connectivity index (χ1) is 15.9. The van der Waals surface area contributed by atoms with E-state index in [0.29, 0.717) is 59.6 Å². The number of aromatic nitrogens is 4. The Kier molecular flexibility index (Phi) is 4.86. The average Bonchev–Trinajstić information content (AvgIpc) is 3.16.